The molecule has 1 aromatic heterocycles. The van der Waals surface area contributed by atoms with E-state index in [0.717, 1.165) is 37.0 Å². The van der Waals surface area contributed by atoms with E-state index < -0.39 is 5.60 Å². The Bertz CT molecular complexity index is 423. The van der Waals surface area contributed by atoms with Gasteiger partial charge in [0.2, 0.25) is 0 Å². The molecule has 2 N–H and O–H groups in total. The zero-order valence-corrected chi connectivity index (χ0v) is 11.8. The van der Waals surface area contributed by atoms with E-state index in [-0.39, 0.29) is 5.91 Å². The van der Waals surface area contributed by atoms with Gasteiger partial charge in [-0.05, 0) is 38.3 Å². The maximum atomic E-state index is 12.0. The molecular weight excluding hydrogens is 242 g/mol. The molecule has 106 valence electrons. The second-order valence-electron chi connectivity index (χ2n) is 5.67. The molecule has 4 nitrogen and oxygen atoms in total. The van der Waals surface area contributed by atoms with Crippen LogP contribution in [0.5, 0.6) is 0 Å². The number of amides is 1. The highest BCUT2D eigenvalue weighted by molar-refractivity contribution is 5.91. The van der Waals surface area contributed by atoms with Crippen molar-refractivity contribution in [2.45, 2.75) is 58.0 Å². The fourth-order valence-electron chi connectivity index (χ4n) is 2.58. The smallest absolute Gasteiger partial charge is 0.287 e. The normalized spacial score (nSPS) is 18.9. The molecular formula is C15H23NO3. The SMILES string of the molecule is Cc1cc(C(=O)NCC2(O)CCCCCC2)oc1C. The van der Waals surface area contributed by atoms with Crippen molar-refractivity contribution in [1.29, 1.82) is 0 Å². The summed E-state index contributed by atoms with van der Waals surface area (Å²) in [6.07, 6.45) is 5.95. The largest absolute Gasteiger partial charge is 0.456 e. The van der Waals surface area contributed by atoms with E-state index in [4.69, 9.17) is 4.42 Å². The molecule has 0 aromatic carbocycles. The highest BCUT2D eigenvalue weighted by Crippen LogP contribution is 2.26. The summed E-state index contributed by atoms with van der Waals surface area (Å²) in [5.41, 5.74) is 0.223. The molecule has 0 aliphatic heterocycles. The zero-order chi connectivity index (χ0) is 13.9. The lowest BCUT2D eigenvalue weighted by molar-refractivity contribution is 0.0243. The molecule has 4 heteroatoms. The summed E-state index contributed by atoms with van der Waals surface area (Å²) in [6, 6.07) is 1.74. The zero-order valence-electron chi connectivity index (χ0n) is 11.8. The number of carbonyl (C=O) groups excluding carboxylic acids is 1. The van der Waals surface area contributed by atoms with Crippen molar-refractivity contribution < 1.29 is 14.3 Å². The molecule has 1 aliphatic rings. The molecule has 19 heavy (non-hydrogen) atoms. The number of nitrogens with one attached hydrogen (secondary N) is 1. The summed E-state index contributed by atoms with van der Waals surface area (Å²) in [6.45, 7) is 4.06. The minimum Gasteiger partial charge on any atom is -0.456 e. The van der Waals surface area contributed by atoms with Crippen LogP contribution in [0.4, 0.5) is 0 Å². The molecule has 0 spiro atoms. The van der Waals surface area contributed by atoms with Gasteiger partial charge < -0.3 is 14.8 Å². The molecule has 0 radical (unpaired) electrons. The number of rotatable bonds is 3. The summed E-state index contributed by atoms with van der Waals surface area (Å²) in [4.78, 5) is 12.0. The second-order valence-corrected chi connectivity index (χ2v) is 5.67. The van der Waals surface area contributed by atoms with Crippen LogP contribution >= 0.6 is 0 Å². The highest BCUT2D eigenvalue weighted by Gasteiger charge is 2.28. The van der Waals surface area contributed by atoms with Gasteiger partial charge in [-0.3, -0.25) is 4.79 Å². The van der Waals surface area contributed by atoms with Crippen molar-refractivity contribution in [3.05, 3.63) is 23.2 Å². The van der Waals surface area contributed by atoms with Gasteiger partial charge >= 0.3 is 0 Å². The van der Waals surface area contributed by atoms with E-state index >= 15 is 0 Å². The van der Waals surface area contributed by atoms with Crippen LogP contribution < -0.4 is 5.32 Å². The summed E-state index contributed by atoms with van der Waals surface area (Å²) in [7, 11) is 0. The molecule has 0 atom stereocenters. The van der Waals surface area contributed by atoms with Crippen LogP contribution in [0.15, 0.2) is 10.5 Å². The number of hydrogen-bond donors (Lipinski definition) is 2. The molecule has 1 amide bonds. The van der Waals surface area contributed by atoms with Gasteiger partial charge in [0, 0.05) is 6.54 Å². The van der Waals surface area contributed by atoms with Gasteiger partial charge in [0.25, 0.3) is 5.91 Å². The topological polar surface area (TPSA) is 62.5 Å². The van der Waals surface area contributed by atoms with Gasteiger partial charge in [0.05, 0.1) is 5.60 Å². The number of aliphatic hydroxyl groups is 1. The summed E-state index contributed by atoms with van der Waals surface area (Å²) in [5, 5.41) is 13.3. The molecule has 0 saturated heterocycles. The Labute approximate surface area is 114 Å². The molecule has 1 aliphatic carbocycles. The third-order valence-corrected chi connectivity index (χ3v) is 4.00. The van der Waals surface area contributed by atoms with Crippen LogP contribution in [-0.4, -0.2) is 23.2 Å². The third-order valence-electron chi connectivity index (χ3n) is 4.00. The lowest BCUT2D eigenvalue weighted by atomic mass is 9.94. The van der Waals surface area contributed by atoms with Gasteiger partial charge in [0.1, 0.15) is 5.76 Å². The van der Waals surface area contributed by atoms with Crippen molar-refractivity contribution in [3.63, 3.8) is 0 Å². The lowest BCUT2D eigenvalue weighted by Gasteiger charge is -2.26. The van der Waals surface area contributed by atoms with Crippen LogP contribution in [0.3, 0.4) is 0 Å². The van der Waals surface area contributed by atoms with E-state index in [9.17, 15) is 9.90 Å². The van der Waals surface area contributed by atoms with Gasteiger partial charge in [-0.2, -0.15) is 0 Å². The minimum absolute atomic E-state index is 0.242. The van der Waals surface area contributed by atoms with E-state index in [1.807, 2.05) is 13.8 Å². The first-order valence-electron chi connectivity index (χ1n) is 7.08. The maximum Gasteiger partial charge on any atom is 0.287 e. The Morgan fingerprint density at radius 2 is 1.95 bits per heavy atom. The van der Waals surface area contributed by atoms with Gasteiger partial charge in [-0.25, -0.2) is 0 Å². The fraction of sp³-hybridized carbons (Fsp3) is 0.667. The monoisotopic (exact) mass is 265 g/mol. The molecule has 1 saturated carbocycles. The molecule has 1 aromatic rings. The Kier molecular flexibility index (Phi) is 4.30. The number of carbonyl (C=O) groups is 1. The number of hydrogen-bond acceptors (Lipinski definition) is 3. The van der Waals surface area contributed by atoms with Crippen molar-refractivity contribution in [3.8, 4) is 0 Å². The molecule has 1 fully saturated rings. The average molecular weight is 265 g/mol. The highest BCUT2D eigenvalue weighted by atomic mass is 16.3. The van der Waals surface area contributed by atoms with Crippen molar-refractivity contribution in [1.82, 2.24) is 5.32 Å². The first kappa shape index (κ1) is 14.1. The van der Waals surface area contributed by atoms with Crippen LogP contribution in [0.25, 0.3) is 0 Å². The lowest BCUT2D eigenvalue weighted by Crippen LogP contribution is -2.42. The first-order chi connectivity index (χ1) is 9.00. The Balaban J connectivity index is 1.92. The van der Waals surface area contributed by atoms with Crippen LogP contribution in [-0.2, 0) is 0 Å². The standard InChI is InChI=1S/C15H23NO3/c1-11-9-13(19-12(11)2)14(17)16-10-15(18)7-5-3-4-6-8-15/h9,18H,3-8,10H2,1-2H3,(H,16,17). The maximum absolute atomic E-state index is 12.0. The van der Waals surface area contributed by atoms with Gasteiger partial charge in [-0.15, -0.1) is 0 Å². The van der Waals surface area contributed by atoms with E-state index in [2.05, 4.69) is 5.32 Å². The Morgan fingerprint density at radius 3 is 2.47 bits per heavy atom. The van der Waals surface area contributed by atoms with Crippen LogP contribution in [0.1, 0.15) is 60.4 Å². The summed E-state index contributed by atoms with van der Waals surface area (Å²) >= 11 is 0. The Hall–Kier alpha value is -1.29. The van der Waals surface area contributed by atoms with Crippen molar-refractivity contribution in [2.75, 3.05) is 6.54 Å². The minimum atomic E-state index is -0.747. The predicted octanol–water partition coefficient (Wildman–Crippen LogP) is 2.71. The third kappa shape index (κ3) is 3.60. The second kappa shape index (κ2) is 5.78. The number of furan rings is 1. The summed E-state index contributed by atoms with van der Waals surface area (Å²) < 4.78 is 5.38. The molecule has 0 bridgehead atoms. The van der Waals surface area contributed by atoms with Crippen molar-refractivity contribution in [2.24, 2.45) is 0 Å². The van der Waals surface area contributed by atoms with E-state index in [0.29, 0.717) is 12.3 Å². The van der Waals surface area contributed by atoms with E-state index in [1.54, 1.807) is 6.07 Å². The van der Waals surface area contributed by atoms with Gasteiger partial charge in [-0.1, -0.05) is 25.7 Å². The van der Waals surface area contributed by atoms with Gasteiger partial charge in [0.15, 0.2) is 5.76 Å². The van der Waals surface area contributed by atoms with Crippen LogP contribution in [0.2, 0.25) is 0 Å². The average Bonchev–Trinajstić information content (AvgIpc) is 2.60. The van der Waals surface area contributed by atoms with Crippen LogP contribution in [0, 0.1) is 13.8 Å². The Morgan fingerprint density at radius 1 is 1.32 bits per heavy atom. The van der Waals surface area contributed by atoms with E-state index in [1.165, 1.54) is 12.8 Å². The summed E-state index contributed by atoms with van der Waals surface area (Å²) in [5.74, 6) is 0.847. The quantitative estimate of drug-likeness (QED) is 0.826. The molecule has 0 unspecified atom stereocenters. The van der Waals surface area contributed by atoms with Crippen molar-refractivity contribution >= 4 is 5.91 Å². The fourth-order valence-corrected chi connectivity index (χ4v) is 2.58. The predicted molar refractivity (Wildman–Crippen MR) is 73.2 cm³/mol. The number of aryl methyl sites for hydroxylation is 2. The molecule has 2 rings (SSSR count). The first-order valence-corrected chi connectivity index (χ1v) is 7.08. The molecule has 1 heterocycles.